The molecule has 0 fully saturated rings. The van der Waals surface area contributed by atoms with Gasteiger partial charge in [0, 0.05) is 12.3 Å². The molecule has 2 aromatic rings. The Morgan fingerprint density at radius 3 is 2.82 bits per heavy atom. The number of rotatable bonds is 5. The lowest BCUT2D eigenvalue weighted by Crippen LogP contribution is -2.22. The van der Waals surface area contributed by atoms with E-state index in [0.29, 0.717) is 5.82 Å². The second-order valence-corrected chi connectivity index (χ2v) is 4.22. The second-order valence-electron chi connectivity index (χ2n) is 4.22. The number of amides is 1. The van der Waals surface area contributed by atoms with Gasteiger partial charge in [-0.25, -0.2) is 4.98 Å². The lowest BCUT2D eigenvalue weighted by molar-refractivity contribution is -0.384. The summed E-state index contributed by atoms with van der Waals surface area (Å²) in [4.78, 5) is 26.1. The fourth-order valence-corrected chi connectivity index (χ4v) is 1.70. The van der Waals surface area contributed by atoms with Gasteiger partial charge in [-0.3, -0.25) is 14.9 Å². The Bertz CT molecular complexity index is 740. The summed E-state index contributed by atoms with van der Waals surface area (Å²) < 4.78 is 0. The van der Waals surface area contributed by atoms with Gasteiger partial charge in [-0.2, -0.15) is 5.26 Å². The molecule has 110 valence electrons. The second kappa shape index (κ2) is 6.81. The van der Waals surface area contributed by atoms with E-state index in [1.807, 2.05) is 6.07 Å². The van der Waals surface area contributed by atoms with Crippen LogP contribution in [0.4, 0.5) is 17.2 Å². The fourth-order valence-electron chi connectivity index (χ4n) is 1.70. The summed E-state index contributed by atoms with van der Waals surface area (Å²) in [6, 6.07) is 10.9. The third-order valence-electron chi connectivity index (χ3n) is 2.70. The lowest BCUT2D eigenvalue weighted by Gasteiger charge is -2.07. The number of nitrogens with one attached hydrogen (secondary N) is 2. The number of benzene rings is 1. The predicted molar refractivity (Wildman–Crippen MR) is 79.2 cm³/mol. The van der Waals surface area contributed by atoms with Gasteiger partial charge in [0.2, 0.25) is 5.91 Å². The first kappa shape index (κ1) is 14.9. The molecular weight excluding hydrogens is 286 g/mol. The van der Waals surface area contributed by atoms with E-state index in [9.17, 15) is 14.9 Å². The number of anilines is 2. The molecule has 8 heteroatoms. The van der Waals surface area contributed by atoms with Crippen molar-refractivity contribution in [1.82, 2.24) is 4.98 Å². The van der Waals surface area contributed by atoms with Crippen LogP contribution >= 0.6 is 0 Å². The molecule has 0 saturated heterocycles. The van der Waals surface area contributed by atoms with E-state index in [0.717, 1.165) is 6.07 Å². The molecule has 0 spiro atoms. The van der Waals surface area contributed by atoms with Gasteiger partial charge in [0.25, 0.3) is 5.69 Å². The van der Waals surface area contributed by atoms with Crippen molar-refractivity contribution in [3.63, 3.8) is 0 Å². The smallest absolute Gasteiger partial charge is 0.293 e. The quantitative estimate of drug-likeness (QED) is 0.642. The molecule has 0 aliphatic rings. The van der Waals surface area contributed by atoms with Crippen LogP contribution in [0.25, 0.3) is 0 Å². The number of carbonyl (C=O) groups excluding carboxylic acids is 1. The monoisotopic (exact) mass is 297 g/mol. The highest BCUT2D eigenvalue weighted by molar-refractivity contribution is 5.93. The molecule has 1 amide bonds. The maximum absolute atomic E-state index is 11.8. The molecule has 2 rings (SSSR count). The summed E-state index contributed by atoms with van der Waals surface area (Å²) in [5, 5.41) is 24.9. The number of pyridine rings is 1. The zero-order chi connectivity index (χ0) is 15.9. The van der Waals surface area contributed by atoms with Gasteiger partial charge in [-0.05, 0) is 24.3 Å². The highest BCUT2D eigenvalue weighted by Gasteiger charge is 2.15. The SMILES string of the molecule is N#Cc1ccc(NCC(=O)Nc2ccccn2)c([N+](=O)[O-])c1. The van der Waals surface area contributed by atoms with E-state index in [2.05, 4.69) is 15.6 Å². The normalized spacial score (nSPS) is 9.59. The Kier molecular flexibility index (Phi) is 4.62. The molecule has 8 nitrogen and oxygen atoms in total. The van der Waals surface area contributed by atoms with E-state index in [1.165, 1.54) is 18.3 Å². The first-order chi connectivity index (χ1) is 10.6. The van der Waals surface area contributed by atoms with Crippen LogP contribution in [0.1, 0.15) is 5.56 Å². The standard InChI is InChI=1S/C14H11N5O3/c15-8-10-4-5-11(12(7-10)19(21)22)17-9-14(20)18-13-3-1-2-6-16-13/h1-7,17H,9H2,(H,16,18,20). The Hall–Kier alpha value is -3.47. The van der Waals surface area contributed by atoms with E-state index < -0.39 is 10.8 Å². The Morgan fingerprint density at radius 1 is 1.36 bits per heavy atom. The Labute approximate surface area is 125 Å². The Morgan fingerprint density at radius 2 is 2.18 bits per heavy atom. The van der Waals surface area contributed by atoms with Crippen molar-refractivity contribution in [2.24, 2.45) is 0 Å². The minimum atomic E-state index is -0.611. The minimum absolute atomic E-state index is 0.163. The van der Waals surface area contributed by atoms with E-state index in [-0.39, 0.29) is 23.5 Å². The third-order valence-corrected chi connectivity index (χ3v) is 2.70. The summed E-state index contributed by atoms with van der Waals surface area (Å²) in [7, 11) is 0. The first-order valence-electron chi connectivity index (χ1n) is 6.23. The number of aromatic nitrogens is 1. The third kappa shape index (κ3) is 3.77. The molecule has 0 aliphatic carbocycles. The summed E-state index contributed by atoms with van der Waals surface area (Å²) in [5.41, 5.74) is 0.0834. The van der Waals surface area contributed by atoms with Crippen LogP contribution in [-0.4, -0.2) is 22.4 Å². The molecule has 1 aromatic heterocycles. The number of nitrogens with zero attached hydrogens (tertiary/aromatic N) is 3. The van der Waals surface area contributed by atoms with Gasteiger partial charge in [0.1, 0.15) is 11.5 Å². The molecule has 0 atom stereocenters. The zero-order valence-corrected chi connectivity index (χ0v) is 11.3. The largest absolute Gasteiger partial charge is 0.371 e. The molecule has 2 N–H and O–H groups in total. The number of hydrogen-bond acceptors (Lipinski definition) is 6. The molecule has 1 aromatic carbocycles. The molecule has 1 heterocycles. The van der Waals surface area contributed by atoms with E-state index in [1.54, 1.807) is 18.2 Å². The topological polar surface area (TPSA) is 121 Å². The van der Waals surface area contributed by atoms with Gasteiger partial charge >= 0.3 is 0 Å². The van der Waals surface area contributed by atoms with Crippen LogP contribution < -0.4 is 10.6 Å². The fraction of sp³-hybridized carbons (Fsp3) is 0.0714. The van der Waals surface area contributed by atoms with Crippen LogP contribution in [0.3, 0.4) is 0 Å². The number of hydrogen-bond donors (Lipinski definition) is 2. The molecule has 0 saturated carbocycles. The Balaban J connectivity index is 2.04. The van der Waals surface area contributed by atoms with Crippen LogP contribution in [0, 0.1) is 21.4 Å². The van der Waals surface area contributed by atoms with Crippen LogP contribution in [-0.2, 0) is 4.79 Å². The van der Waals surface area contributed by atoms with Gasteiger partial charge < -0.3 is 10.6 Å². The van der Waals surface area contributed by atoms with Crippen molar-refractivity contribution in [3.8, 4) is 6.07 Å². The molecule has 0 bridgehead atoms. The minimum Gasteiger partial charge on any atom is -0.371 e. The number of nitro benzene ring substituents is 1. The van der Waals surface area contributed by atoms with Crippen molar-refractivity contribution < 1.29 is 9.72 Å². The van der Waals surface area contributed by atoms with Crippen molar-refractivity contribution in [2.45, 2.75) is 0 Å². The van der Waals surface area contributed by atoms with Crippen LogP contribution in [0.2, 0.25) is 0 Å². The highest BCUT2D eigenvalue weighted by atomic mass is 16.6. The van der Waals surface area contributed by atoms with Crippen molar-refractivity contribution in [2.75, 3.05) is 17.2 Å². The van der Waals surface area contributed by atoms with Crippen molar-refractivity contribution in [3.05, 3.63) is 58.3 Å². The van der Waals surface area contributed by atoms with Crippen molar-refractivity contribution >= 4 is 23.1 Å². The lowest BCUT2D eigenvalue weighted by atomic mass is 10.2. The molecule has 22 heavy (non-hydrogen) atoms. The summed E-state index contributed by atoms with van der Waals surface area (Å²) >= 11 is 0. The molecular formula is C14H11N5O3. The van der Waals surface area contributed by atoms with Crippen molar-refractivity contribution in [1.29, 1.82) is 5.26 Å². The summed E-state index contributed by atoms with van der Waals surface area (Å²) in [6.07, 6.45) is 1.54. The highest BCUT2D eigenvalue weighted by Crippen LogP contribution is 2.25. The summed E-state index contributed by atoms with van der Waals surface area (Å²) in [5.74, 6) is 0.000913. The predicted octanol–water partition coefficient (Wildman–Crippen LogP) is 1.91. The first-order valence-corrected chi connectivity index (χ1v) is 6.23. The van der Waals surface area contributed by atoms with Crippen LogP contribution in [0.15, 0.2) is 42.6 Å². The van der Waals surface area contributed by atoms with E-state index in [4.69, 9.17) is 5.26 Å². The van der Waals surface area contributed by atoms with Gasteiger partial charge in [-0.1, -0.05) is 6.07 Å². The van der Waals surface area contributed by atoms with Gasteiger partial charge in [-0.15, -0.1) is 0 Å². The maximum atomic E-state index is 11.8. The number of nitriles is 1. The average Bonchev–Trinajstić information content (AvgIpc) is 2.53. The van der Waals surface area contributed by atoms with E-state index >= 15 is 0 Å². The molecule has 0 aliphatic heterocycles. The molecule has 0 unspecified atom stereocenters. The maximum Gasteiger partial charge on any atom is 0.293 e. The zero-order valence-electron chi connectivity index (χ0n) is 11.3. The van der Waals surface area contributed by atoms with Gasteiger partial charge in [0.05, 0.1) is 23.1 Å². The number of nitro groups is 1. The van der Waals surface area contributed by atoms with Gasteiger partial charge in [0.15, 0.2) is 0 Å². The van der Waals surface area contributed by atoms with Crippen LogP contribution in [0.5, 0.6) is 0 Å². The summed E-state index contributed by atoms with van der Waals surface area (Å²) in [6.45, 7) is -0.163. The average molecular weight is 297 g/mol. The molecule has 0 radical (unpaired) electrons. The number of carbonyl (C=O) groups is 1.